The molecular weight excluding hydrogens is 271 g/mol. The highest BCUT2D eigenvalue weighted by atomic mass is 19.1. The number of halogens is 1. The fraction of sp³-hybridized carbons (Fsp3) is 0.125. The second kappa shape index (κ2) is 6.17. The Morgan fingerprint density at radius 2 is 1.71 bits per heavy atom. The number of amides is 1. The van der Waals surface area contributed by atoms with Gasteiger partial charge in [-0.05, 0) is 43.3 Å². The number of benzene rings is 2. The van der Waals surface area contributed by atoms with Gasteiger partial charge in [0.1, 0.15) is 5.82 Å². The molecule has 0 aliphatic heterocycles. The summed E-state index contributed by atoms with van der Waals surface area (Å²) in [5.41, 5.74) is 1.86. The molecule has 2 aromatic rings. The van der Waals surface area contributed by atoms with Crippen molar-refractivity contribution in [1.29, 1.82) is 0 Å². The van der Waals surface area contributed by atoms with Crippen LogP contribution >= 0.6 is 0 Å². The van der Waals surface area contributed by atoms with E-state index in [1.807, 2.05) is 0 Å². The molecule has 0 atom stereocenters. The smallest absolute Gasteiger partial charge is 0.221 e. The molecule has 2 rings (SSSR count). The normalized spacial score (nSPS) is 10.0. The molecule has 0 bridgehead atoms. The first-order valence-corrected chi connectivity index (χ1v) is 6.41. The minimum atomic E-state index is -0.454. The van der Waals surface area contributed by atoms with Crippen LogP contribution in [0.4, 0.5) is 21.5 Å². The summed E-state index contributed by atoms with van der Waals surface area (Å²) in [6, 6.07) is 11.0. The molecule has 0 aromatic heterocycles. The molecule has 0 spiro atoms. The van der Waals surface area contributed by atoms with E-state index < -0.39 is 5.82 Å². The van der Waals surface area contributed by atoms with Crippen molar-refractivity contribution < 1.29 is 14.0 Å². The molecule has 0 unspecified atom stereocenters. The van der Waals surface area contributed by atoms with Crippen LogP contribution in [0.1, 0.15) is 24.2 Å². The lowest BCUT2D eigenvalue weighted by Gasteiger charge is -2.10. The van der Waals surface area contributed by atoms with Crippen molar-refractivity contribution >= 4 is 28.8 Å². The zero-order valence-electron chi connectivity index (χ0n) is 11.7. The second-order valence-electron chi connectivity index (χ2n) is 4.64. The third-order valence-corrected chi connectivity index (χ3v) is 2.83. The lowest BCUT2D eigenvalue weighted by molar-refractivity contribution is -0.114. The van der Waals surface area contributed by atoms with Gasteiger partial charge in [0.15, 0.2) is 5.78 Å². The SMILES string of the molecule is CC(=O)Nc1cccc(Nc2cc(C(C)=O)ccc2F)c1. The van der Waals surface area contributed by atoms with Gasteiger partial charge in [0.05, 0.1) is 5.69 Å². The van der Waals surface area contributed by atoms with E-state index in [0.29, 0.717) is 16.9 Å². The molecule has 0 radical (unpaired) electrons. The largest absolute Gasteiger partial charge is 0.353 e. The van der Waals surface area contributed by atoms with Gasteiger partial charge in [0.2, 0.25) is 5.91 Å². The second-order valence-corrected chi connectivity index (χ2v) is 4.64. The van der Waals surface area contributed by atoms with E-state index in [1.165, 1.54) is 32.0 Å². The van der Waals surface area contributed by atoms with Gasteiger partial charge in [0.25, 0.3) is 0 Å². The van der Waals surface area contributed by atoms with Gasteiger partial charge in [-0.2, -0.15) is 0 Å². The molecule has 5 heteroatoms. The number of nitrogens with one attached hydrogen (secondary N) is 2. The lowest BCUT2D eigenvalue weighted by atomic mass is 10.1. The minimum Gasteiger partial charge on any atom is -0.353 e. The average molecular weight is 286 g/mol. The molecule has 21 heavy (non-hydrogen) atoms. The number of anilines is 3. The van der Waals surface area contributed by atoms with Crippen LogP contribution in [0.15, 0.2) is 42.5 Å². The summed E-state index contributed by atoms with van der Waals surface area (Å²) < 4.78 is 13.8. The van der Waals surface area contributed by atoms with Crippen LogP contribution < -0.4 is 10.6 Å². The summed E-state index contributed by atoms with van der Waals surface area (Å²) in [5, 5.41) is 5.55. The van der Waals surface area contributed by atoms with Crippen molar-refractivity contribution in [3.8, 4) is 0 Å². The van der Waals surface area contributed by atoms with Gasteiger partial charge in [-0.3, -0.25) is 9.59 Å². The zero-order valence-corrected chi connectivity index (χ0v) is 11.7. The molecule has 0 fully saturated rings. The Morgan fingerprint density at radius 3 is 2.38 bits per heavy atom. The number of Topliss-reactive ketones (excluding diaryl/α,β-unsaturated/α-hetero) is 1. The van der Waals surface area contributed by atoms with Crippen LogP contribution in [0, 0.1) is 5.82 Å². The fourth-order valence-corrected chi connectivity index (χ4v) is 1.87. The van der Waals surface area contributed by atoms with E-state index in [4.69, 9.17) is 0 Å². The summed E-state index contributed by atoms with van der Waals surface area (Å²) in [6.45, 7) is 2.84. The van der Waals surface area contributed by atoms with Gasteiger partial charge in [-0.25, -0.2) is 4.39 Å². The van der Waals surface area contributed by atoms with Crippen LogP contribution in [0.2, 0.25) is 0 Å². The van der Waals surface area contributed by atoms with Crippen molar-refractivity contribution in [2.45, 2.75) is 13.8 Å². The minimum absolute atomic E-state index is 0.134. The Balaban J connectivity index is 2.27. The standard InChI is InChI=1S/C16H15FN2O2/c1-10(20)12-6-7-15(17)16(8-12)19-14-5-3-4-13(9-14)18-11(2)21/h3-9,19H,1-2H3,(H,18,21). The molecule has 0 heterocycles. The molecule has 2 aromatic carbocycles. The number of carbonyl (C=O) groups excluding carboxylic acids is 2. The molecule has 1 amide bonds. The summed E-state index contributed by atoms with van der Waals surface area (Å²) in [7, 11) is 0. The van der Waals surface area contributed by atoms with Crippen LogP contribution in [-0.2, 0) is 4.79 Å². The van der Waals surface area contributed by atoms with Crippen molar-refractivity contribution in [1.82, 2.24) is 0 Å². The van der Waals surface area contributed by atoms with E-state index in [0.717, 1.165) is 0 Å². The van der Waals surface area contributed by atoms with Crippen LogP contribution in [0.3, 0.4) is 0 Å². The fourth-order valence-electron chi connectivity index (χ4n) is 1.87. The van der Waals surface area contributed by atoms with Gasteiger partial charge in [0, 0.05) is 23.9 Å². The number of hydrogen-bond donors (Lipinski definition) is 2. The first kappa shape index (κ1) is 14.7. The Labute approximate surface area is 122 Å². The molecule has 0 aliphatic rings. The summed E-state index contributed by atoms with van der Waals surface area (Å²) in [6.07, 6.45) is 0. The van der Waals surface area contributed by atoms with Crippen LogP contribution in [0.25, 0.3) is 0 Å². The Bertz CT molecular complexity index is 698. The van der Waals surface area contributed by atoms with E-state index in [1.54, 1.807) is 24.3 Å². The van der Waals surface area contributed by atoms with E-state index >= 15 is 0 Å². The monoisotopic (exact) mass is 286 g/mol. The van der Waals surface area contributed by atoms with Gasteiger partial charge < -0.3 is 10.6 Å². The molecular formula is C16H15FN2O2. The summed E-state index contributed by atoms with van der Waals surface area (Å²) in [5.74, 6) is -0.771. The number of carbonyl (C=O) groups is 2. The molecule has 4 nitrogen and oxygen atoms in total. The Morgan fingerprint density at radius 1 is 1.00 bits per heavy atom. The first-order chi connectivity index (χ1) is 9.95. The molecule has 0 saturated carbocycles. The van der Waals surface area contributed by atoms with Crippen molar-refractivity contribution in [2.24, 2.45) is 0 Å². The predicted molar refractivity (Wildman–Crippen MR) is 80.4 cm³/mol. The summed E-state index contributed by atoms with van der Waals surface area (Å²) >= 11 is 0. The number of ketones is 1. The molecule has 2 N–H and O–H groups in total. The first-order valence-electron chi connectivity index (χ1n) is 6.41. The molecule has 0 aliphatic carbocycles. The van der Waals surface area contributed by atoms with Gasteiger partial charge in [-0.1, -0.05) is 6.07 Å². The van der Waals surface area contributed by atoms with E-state index in [2.05, 4.69) is 10.6 Å². The van der Waals surface area contributed by atoms with E-state index in [9.17, 15) is 14.0 Å². The highest BCUT2D eigenvalue weighted by Crippen LogP contribution is 2.23. The maximum atomic E-state index is 13.8. The average Bonchev–Trinajstić information content (AvgIpc) is 2.40. The van der Waals surface area contributed by atoms with Gasteiger partial charge >= 0.3 is 0 Å². The van der Waals surface area contributed by atoms with Crippen molar-refractivity contribution in [2.75, 3.05) is 10.6 Å². The quantitative estimate of drug-likeness (QED) is 0.842. The number of rotatable bonds is 4. The maximum Gasteiger partial charge on any atom is 0.221 e. The topological polar surface area (TPSA) is 58.2 Å². The predicted octanol–water partition coefficient (Wildman–Crippen LogP) is 3.73. The molecule has 0 saturated heterocycles. The van der Waals surface area contributed by atoms with Gasteiger partial charge in [-0.15, -0.1) is 0 Å². The third kappa shape index (κ3) is 3.89. The Hall–Kier alpha value is -2.69. The Kier molecular flexibility index (Phi) is 4.33. The summed E-state index contributed by atoms with van der Waals surface area (Å²) in [4.78, 5) is 22.4. The lowest BCUT2D eigenvalue weighted by Crippen LogP contribution is -2.06. The third-order valence-electron chi connectivity index (χ3n) is 2.83. The maximum absolute atomic E-state index is 13.8. The van der Waals surface area contributed by atoms with Crippen molar-refractivity contribution in [3.63, 3.8) is 0 Å². The van der Waals surface area contributed by atoms with Crippen LogP contribution in [-0.4, -0.2) is 11.7 Å². The van der Waals surface area contributed by atoms with Crippen LogP contribution in [0.5, 0.6) is 0 Å². The highest BCUT2D eigenvalue weighted by molar-refractivity contribution is 5.95. The highest BCUT2D eigenvalue weighted by Gasteiger charge is 2.07. The zero-order chi connectivity index (χ0) is 15.4. The molecule has 108 valence electrons. The van der Waals surface area contributed by atoms with E-state index in [-0.39, 0.29) is 17.4 Å². The van der Waals surface area contributed by atoms with Crippen molar-refractivity contribution in [3.05, 3.63) is 53.8 Å². The number of hydrogen-bond acceptors (Lipinski definition) is 3.